The van der Waals surface area contributed by atoms with Crippen molar-refractivity contribution in [2.75, 3.05) is 52.5 Å². The first-order valence-corrected chi connectivity index (χ1v) is 35.9. The quantitative estimate of drug-likeness (QED) is 0.0333. The Balaban J connectivity index is 0.000000184. The van der Waals surface area contributed by atoms with Gasteiger partial charge in [-0.3, -0.25) is 34.3 Å². The van der Waals surface area contributed by atoms with Crippen LogP contribution in [0.5, 0.6) is 0 Å². The normalized spacial score (nSPS) is 23.8. The fraction of sp³-hybridized carbons (Fsp3) is 0.447. The molecule has 1 aliphatic carbocycles. The van der Waals surface area contributed by atoms with E-state index < -0.39 is 158 Å². The van der Waals surface area contributed by atoms with Crippen LogP contribution in [0, 0.1) is 20.2 Å². The van der Waals surface area contributed by atoms with Gasteiger partial charge >= 0.3 is 48.9 Å². The van der Waals surface area contributed by atoms with Gasteiger partial charge in [0, 0.05) is 18.0 Å². The van der Waals surface area contributed by atoms with Crippen LogP contribution in [0.25, 0.3) is 0 Å². The molecule has 626 valence electrons. The first kappa shape index (κ1) is 88.1. The molecular weight excluding hydrogens is 1580 g/mol. The van der Waals surface area contributed by atoms with Crippen LogP contribution in [0.3, 0.4) is 0 Å². The van der Waals surface area contributed by atoms with Crippen molar-refractivity contribution >= 4 is 35.6 Å². The summed E-state index contributed by atoms with van der Waals surface area (Å²) in [6, 6.07) is 27.5. The maximum Gasteiger partial charge on any atom is 0.432 e. The van der Waals surface area contributed by atoms with Crippen molar-refractivity contribution in [3.63, 3.8) is 0 Å². The minimum Gasteiger partial charge on any atom is -0.390 e. The number of benzene rings is 6. The van der Waals surface area contributed by atoms with E-state index in [1.165, 1.54) is 30.6 Å². The van der Waals surface area contributed by atoms with Crippen molar-refractivity contribution in [2.24, 2.45) is 26.4 Å². The Labute approximate surface area is 649 Å². The first-order valence-electron chi connectivity index (χ1n) is 35.9. The number of hydrogen-bond donors (Lipinski definition) is 4. The van der Waals surface area contributed by atoms with Crippen LogP contribution >= 0.6 is 0 Å². The number of nitrogens with one attached hydrogen (secondary N) is 2. The minimum atomic E-state index is -5.07. The average Bonchev–Trinajstić information content (AvgIpc) is 0.896. The summed E-state index contributed by atoms with van der Waals surface area (Å²) in [5, 5.41) is 30.7. The number of rotatable bonds is 19. The van der Waals surface area contributed by atoms with E-state index in [9.17, 15) is 114 Å². The number of alkyl halides is 18. The standard InChI is InChI=1S/C26H24F6N4O6.2C25H26F6N4O2/c1-15(16-9-18(25(27,28)29)11-19(10-16)26(30,31)32)42-14-24(17-5-3-2-4-6-17)8-7-20(12-21(24)35(38)39)34-22(37)13-33-23(34)36(40)41;2*1-15(16-9-18(24(26,27)28)11-19(10-16)25(29,30)31)37-14-23(17-5-3-2-4-6-17)8-7-20(12-34-23)35-21(36)13-33-22(35)32/h2-6,9-11,15,20-21H,7-8,12-14H2,1H3;2*2-6,9-11,15,20,34H,7-8,12-14H2,1H3,(H2,32,33)/t15-,20?,21?,24-;15-,20+,23-;15-,20-,23-/m111/s1. The smallest absolute Gasteiger partial charge is 0.390 e. The summed E-state index contributed by atoms with van der Waals surface area (Å²) in [6.07, 6.45) is -31.7. The molecular formula is C76H76F18N12O10. The van der Waals surface area contributed by atoms with Gasteiger partial charge in [0.15, 0.2) is 18.5 Å². The number of nitro groups is 2. The molecule has 0 aromatic heterocycles. The van der Waals surface area contributed by atoms with E-state index in [1.54, 1.807) is 30.3 Å². The van der Waals surface area contributed by atoms with E-state index >= 15 is 0 Å². The number of halogens is 18. The highest BCUT2D eigenvalue weighted by atomic mass is 19.4. The predicted octanol–water partition coefficient (Wildman–Crippen LogP) is 14.6. The molecule has 3 fully saturated rings. The first-order chi connectivity index (χ1) is 54.1. The summed E-state index contributed by atoms with van der Waals surface area (Å²) in [6.45, 7) is 3.74. The summed E-state index contributed by atoms with van der Waals surface area (Å²) >= 11 is 0. The lowest BCUT2D eigenvalue weighted by atomic mass is 9.65. The molecule has 12 rings (SSSR count). The molecule has 5 heterocycles. The van der Waals surface area contributed by atoms with Crippen molar-refractivity contribution in [2.45, 2.75) is 162 Å². The molecule has 0 radical (unpaired) electrons. The second kappa shape index (κ2) is 34.5. The number of ether oxygens (including phenoxy) is 3. The summed E-state index contributed by atoms with van der Waals surface area (Å²) in [5.74, 6) is -1.50. The van der Waals surface area contributed by atoms with Crippen LogP contribution < -0.4 is 22.1 Å². The molecule has 6 N–H and O–H groups in total. The van der Waals surface area contributed by atoms with Gasteiger partial charge in [-0.25, -0.2) is 9.98 Å². The van der Waals surface area contributed by atoms with E-state index in [0.29, 0.717) is 80.7 Å². The Hall–Kier alpha value is -10.3. The van der Waals surface area contributed by atoms with Crippen molar-refractivity contribution in [3.8, 4) is 0 Å². The fourth-order valence-electron chi connectivity index (χ4n) is 15.1. The van der Waals surface area contributed by atoms with Gasteiger partial charge in [-0.2, -0.15) is 83.9 Å². The number of aliphatic imine (C=N–C) groups is 3. The van der Waals surface area contributed by atoms with Gasteiger partial charge in [-0.15, -0.1) is 0 Å². The highest BCUT2D eigenvalue weighted by Crippen LogP contribution is 2.47. The SMILES string of the molecule is C[C@@H](OC[C@@]1(c2ccccc2)CCC(N2C(=O)CN=C2[N+](=O)[O-])CC1[N+](=O)[O-])c1cc(C(F)(F)F)cc(C(F)(F)F)c1.C[C@@H](OC[C@@]1(c2ccccc2)CC[C@@H](N2C(=O)CN=C2N)CN1)c1cc(C(F)(F)F)cc(C(F)(F)F)c1.C[C@@H](OC[C@@]1(c2ccccc2)CC[C@H](N2C(=O)CN=C2N)CN1)c1cc(C(F)(F)F)cc(C(F)(F)F)c1. The molecule has 0 spiro atoms. The lowest BCUT2D eigenvalue weighted by Gasteiger charge is -2.44. The van der Waals surface area contributed by atoms with Crippen molar-refractivity contribution in [3.05, 3.63) is 233 Å². The number of nitrogens with two attached hydrogens (primary N) is 2. The second-order valence-electron chi connectivity index (χ2n) is 28.7. The number of guanidine groups is 3. The molecule has 3 amide bonds. The Kier molecular flexibility index (Phi) is 26.2. The molecule has 40 heteroatoms. The molecule has 10 atom stereocenters. The van der Waals surface area contributed by atoms with Crippen LogP contribution in [0.2, 0.25) is 0 Å². The second-order valence-corrected chi connectivity index (χ2v) is 28.7. The third-order valence-corrected chi connectivity index (χ3v) is 21.3. The van der Waals surface area contributed by atoms with E-state index in [-0.39, 0.29) is 111 Å². The molecule has 22 nitrogen and oxygen atoms in total. The van der Waals surface area contributed by atoms with Gasteiger partial charge < -0.3 is 46.4 Å². The third-order valence-electron chi connectivity index (χ3n) is 21.3. The Bertz CT molecular complexity index is 4350. The van der Waals surface area contributed by atoms with Crippen molar-refractivity contribution in [1.82, 2.24) is 25.3 Å². The van der Waals surface area contributed by atoms with Gasteiger partial charge in [-0.05, 0) is 152 Å². The number of carbonyl (C=O) groups is 3. The van der Waals surface area contributed by atoms with Crippen LogP contribution in [-0.2, 0) is 82.1 Å². The molecule has 6 aromatic rings. The summed E-state index contributed by atoms with van der Waals surface area (Å²) in [4.78, 5) is 74.6. The zero-order chi connectivity index (χ0) is 85.1. The molecule has 5 aliphatic heterocycles. The zero-order valence-electron chi connectivity index (χ0n) is 61.6. The predicted molar refractivity (Wildman–Crippen MR) is 380 cm³/mol. The fourth-order valence-corrected chi connectivity index (χ4v) is 15.1. The van der Waals surface area contributed by atoms with Crippen molar-refractivity contribution < 1.29 is 117 Å². The highest BCUT2D eigenvalue weighted by Gasteiger charge is 2.57. The van der Waals surface area contributed by atoms with E-state index in [4.69, 9.17) is 25.7 Å². The number of amides is 3. The topological polar surface area (TPSA) is 288 Å². The summed E-state index contributed by atoms with van der Waals surface area (Å²) in [5.41, 5.74) is 1.35. The minimum absolute atomic E-state index is 0.00609. The van der Waals surface area contributed by atoms with Gasteiger partial charge in [0.2, 0.25) is 6.04 Å². The lowest BCUT2D eigenvalue weighted by Crippen LogP contribution is -2.59. The molecule has 0 bridgehead atoms. The van der Waals surface area contributed by atoms with Crippen LogP contribution in [0.4, 0.5) is 79.0 Å². The van der Waals surface area contributed by atoms with E-state index in [0.717, 1.165) is 16.0 Å². The van der Waals surface area contributed by atoms with Gasteiger partial charge in [0.05, 0.1) is 113 Å². The molecule has 6 aliphatic rings. The highest BCUT2D eigenvalue weighted by molar-refractivity contribution is 6.03. The summed E-state index contributed by atoms with van der Waals surface area (Å²) < 4.78 is 258. The summed E-state index contributed by atoms with van der Waals surface area (Å²) in [7, 11) is 0. The van der Waals surface area contributed by atoms with Gasteiger partial charge in [-0.1, -0.05) is 96.0 Å². The van der Waals surface area contributed by atoms with Gasteiger partial charge in [0.1, 0.15) is 13.1 Å². The van der Waals surface area contributed by atoms with Crippen LogP contribution in [0.1, 0.15) is 151 Å². The molecule has 6 aromatic carbocycles. The average molecular weight is 1660 g/mol. The zero-order valence-corrected chi connectivity index (χ0v) is 61.6. The third kappa shape index (κ3) is 20.2. The maximum atomic E-state index is 13.4. The number of nitrogens with zero attached hydrogens (tertiary/aromatic N) is 8. The van der Waals surface area contributed by atoms with E-state index in [2.05, 4.69) is 25.6 Å². The number of hydrogen-bond acceptors (Lipinski definition) is 17. The molecule has 2 unspecified atom stereocenters. The number of piperidine rings is 2. The van der Waals surface area contributed by atoms with E-state index in [1.807, 2.05) is 60.7 Å². The lowest BCUT2D eigenvalue weighted by molar-refractivity contribution is -0.541. The monoisotopic (exact) mass is 1660 g/mol. The Morgan fingerprint density at radius 3 is 1.03 bits per heavy atom. The molecule has 1 saturated carbocycles. The van der Waals surface area contributed by atoms with Crippen molar-refractivity contribution in [1.29, 1.82) is 0 Å². The maximum absolute atomic E-state index is 13.4. The van der Waals surface area contributed by atoms with Crippen LogP contribution in [0.15, 0.2) is 161 Å². The molecule has 116 heavy (non-hydrogen) atoms. The van der Waals surface area contributed by atoms with Crippen LogP contribution in [-0.4, -0.2) is 137 Å². The number of carbonyl (C=O) groups excluding carboxylic acids is 3. The Morgan fingerprint density at radius 2 is 0.741 bits per heavy atom. The molecule has 2 saturated heterocycles. The largest absolute Gasteiger partial charge is 0.432 e. The van der Waals surface area contributed by atoms with Gasteiger partial charge in [0.25, 0.3) is 11.8 Å². The Morgan fingerprint density at radius 1 is 0.440 bits per heavy atom.